The van der Waals surface area contributed by atoms with Crippen LogP contribution >= 0.6 is 15.9 Å². The Morgan fingerprint density at radius 3 is 1.42 bits per heavy atom. The second-order valence-electron chi connectivity index (χ2n) is 7.39. The van der Waals surface area contributed by atoms with E-state index in [2.05, 4.69) is 15.9 Å². The van der Waals surface area contributed by atoms with Gasteiger partial charge in [-0.15, -0.1) is 0 Å². The number of alkyl halides is 13. The van der Waals surface area contributed by atoms with Gasteiger partial charge in [-0.05, 0) is 18.2 Å². The predicted molar refractivity (Wildman–Crippen MR) is 91.5 cm³/mol. The van der Waals surface area contributed by atoms with E-state index in [4.69, 9.17) is 0 Å². The number of benzene rings is 1. The maximum Gasteiger partial charge on any atom is 0.460 e. The highest BCUT2D eigenvalue weighted by Gasteiger charge is 2.90. The summed E-state index contributed by atoms with van der Waals surface area (Å²) < 4.78 is 171. The minimum Gasteiger partial charge on any atom is -0.200 e. The molecule has 0 aliphatic heterocycles. The Balaban J connectivity index is 3.26. The van der Waals surface area contributed by atoms with Crippen LogP contribution in [0, 0.1) is 0 Å². The van der Waals surface area contributed by atoms with Gasteiger partial charge in [-0.2, -0.15) is 57.1 Å². The molecule has 0 saturated heterocycles. The lowest BCUT2D eigenvalue weighted by atomic mass is 9.93. The molecule has 0 fully saturated rings. The number of hydrogen-bond donors (Lipinski definition) is 0. The molecule has 1 aromatic rings. The fourth-order valence-corrected chi connectivity index (χ4v) is 5.03. The van der Waals surface area contributed by atoms with Crippen molar-refractivity contribution in [2.75, 3.05) is 0 Å². The Labute approximate surface area is 176 Å². The van der Waals surface area contributed by atoms with Crippen LogP contribution in [0.25, 0.3) is 0 Å². The van der Waals surface area contributed by atoms with Gasteiger partial charge in [0.2, 0.25) is 0 Å². The van der Waals surface area contributed by atoms with Crippen molar-refractivity contribution < 1.29 is 57.1 Å². The van der Waals surface area contributed by atoms with E-state index in [1.165, 1.54) is 37.4 Å². The summed E-state index contributed by atoms with van der Waals surface area (Å²) in [5.41, 5.74) is 0. The van der Waals surface area contributed by atoms with Gasteiger partial charge in [0.15, 0.2) is 0 Å². The first-order chi connectivity index (χ1) is 13.5. The van der Waals surface area contributed by atoms with Gasteiger partial charge in [-0.25, -0.2) is 0 Å². The van der Waals surface area contributed by atoms with Gasteiger partial charge < -0.3 is 0 Å². The van der Waals surface area contributed by atoms with Crippen molar-refractivity contribution in [2.45, 2.75) is 61.3 Å². The van der Waals surface area contributed by atoms with Crippen molar-refractivity contribution in [3.63, 3.8) is 0 Å². The molecule has 0 unspecified atom stereocenters. The third-order valence-electron chi connectivity index (χ3n) is 4.69. The molecule has 0 atom stereocenters. The van der Waals surface area contributed by atoms with Gasteiger partial charge in [0, 0.05) is 10.9 Å². The van der Waals surface area contributed by atoms with E-state index >= 15 is 0 Å². The fraction of sp³-hybridized carbons (Fsp3) is 0.625. The first-order valence-electron chi connectivity index (χ1n) is 8.17. The van der Waals surface area contributed by atoms with Gasteiger partial charge >= 0.3 is 35.8 Å². The lowest BCUT2D eigenvalue weighted by Crippen LogP contribution is -2.70. The first kappa shape index (κ1) is 28.0. The van der Waals surface area contributed by atoms with Crippen LogP contribution in [0.15, 0.2) is 28.7 Å². The van der Waals surface area contributed by atoms with Crippen molar-refractivity contribution in [3.05, 3.63) is 28.7 Å². The molecular weight excluding hydrogens is 547 g/mol. The molecule has 1 aromatic carbocycles. The predicted octanol–water partition coefficient (Wildman–Crippen LogP) is 7.49. The lowest BCUT2D eigenvalue weighted by molar-refractivity contribution is -0.439. The third kappa shape index (κ3) is 4.71. The molecule has 0 aromatic heterocycles. The van der Waals surface area contributed by atoms with Crippen LogP contribution in [-0.4, -0.2) is 43.9 Å². The molecule has 0 radical (unpaired) electrons. The van der Waals surface area contributed by atoms with Crippen molar-refractivity contribution in [2.24, 2.45) is 0 Å². The topological polar surface area (TPSA) is 0 Å². The Morgan fingerprint density at radius 2 is 1.03 bits per heavy atom. The summed E-state index contributed by atoms with van der Waals surface area (Å²) in [5.74, 6) is -36.5. The van der Waals surface area contributed by atoms with Gasteiger partial charge in [-0.3, -0.25) is 0 Å². The summed E-state index contributed by atoms with van der Waals surface area (Å²) >= 11 is 3.08. The number of rotatable bonds is 8. The van der Waals surface area contributed by atoms with Crippen LogP contribution in [0.1, 0.15) is 6.42 Å². The summed E-state index contributed by atoms with van der Waals surface area (Å²) in [5, 5.41) is 0.385. The summed E-state index contributed by atoms with van der Waals surface area (Å²) in [4.78, 5) is 0. The molecule has 0 saturated carbocycles. The standard InChI is InChI=1S/C16H14BrF13Si/c1-31(2,10-5-3-9(17)4-6-10)8-7-11(18,19)12(20,21)13(22,23)14(24,25)15(26,27)16(28,29)30/h3-6H,7-8H2,1-2H3. The van der Waals surface area contributed by atoms with E-state index in [0.29, 0.717) is 9.66 Å². The molecule has 1 rings (SSSR count). The zero-order chi connectivity index (χ0) is 24.9. The number of hydrogen-bond acceptors (Lipinski definition) is 0. The minimum absolute atomic E-state index is 0.385. The molecule has 0 heterocycles. The van der Waals surface area contributed by atoms with Crippen LogP contribution in [0.5, 0.6) is 0 Å². The maximum atomic E-state index is 13.9. The van der Waals surface area contributed by atoms with Crippen LogP contribution in [0.3, 0.4) is 0 Å². The summed E-state index contributed by atoms with van der Waals surface area (Å²) in [6.07, 6.45) is -9.56. The molecule has 180 valence electrons. The summed E-state index contributed by atoms with van der Waals surface area (Å²) in [7, 11) is -3.06. The molecule has 0 aliphatic carbocycles. The quantitative estimate of drug-likeness (QED) is 0.228. The highest BCUT2D eigenvalue weighted by molar-refractivity contribution is 9.10. The van der Waals surface area contributed by atoms with Crippen LogP contribution in [0.2, 0.25) is 19.1 Å². The molecule has 0 spiro atoms. The zero-order valence-electron chi connectivity index (χ0n) is 15.5. The van der Waals surface area contributed by atoms with E-state index in [1.807, 2.05) is 0 Å². The van der Waals surface area contributed by atoms with E-state index < -0.39 is 56.3 Å². The van der Waals surface area contributed by atoms with Gasteiger partial charge in [0.1, 0.15) is 0 Å². The van der Waals surface area contributed by atoms with E-state index in [0.717, 1.165) is 0 Å². The van der Waals surface area contributed by atoms with Crippen molar-refractivity contribution >= 4 is 29.2 Å². The summed E-state index contributed by atoms with van der Waals surface area (Å²) in [6, 6.07) is 4.86. The summed E-state index contributed by atoms with van der Waals surface area (Å²) in [6.45, 7) is 2.71. The molecule has 0 bridgehead atoms. The highest BCUT2D eigenvalue weighted by atomic mass is 79.9. The molecular formula is C16H14BrF13Si. The smallest absolute Gasteiger partial charge is 0.200 e. The SMILES string of the molecule is C[Si](C)(CCC(F)(F)C(F)(F)C(F)(F)C(F)(F)C(F)(F)C(F)(F)F)c1ccc(Br)cc1. The monoisotopic (exact) mass is 560 g/mol. The molecule has 0 aliphatic rings. The van der Waals surface area contributed by atoms with E-state index in [9.17, 15) is 57.1 Å². The van der Waals surface area contributed by atoms with E-state index in [1.54, 1.807) is 0 Å². The Morgan fingerprint density at radius 1 is 0.645 bits per heavy atom. The highest BCUT2D eigenvalue weighted by Crippen LogP contribution is 2.60. The van der Waals surface area contributed by atoms with Gasteiger partial charge in [-0.1, -0.05) is 46.3 Å². The Hall–Kier alpha value is -0.993. The van der Waals surface area contributed by atoms with Crippen LogP contribution in [-0.2, 0) is 0 Å². The fourth-order valence-electron chi connectivity index (χ4n) is 2.47. The Bertz CT molecular complexity index is 769. The zero-order valence-corrected chi connectivity index (χ0v) is 18.1. The largest absolute Gasteiger partial charge is 0.460 e. The third-order valence-corrected chi connectivity index (χ3v) is 8.61. The van der Waals surface area contributed by atoms with E-state index in [-0.39, 0.29) is 0 Å². The normalized spacial score (nSPS) is 15.4. The lowest BCUT2D eigenvalue weighted by Gasteiger charge is -2.40. The van der Waals surface area contributed by atoms with Crippen LogP contribution < -0.4 is 5.19 Å². The average Bonchev–Trinajstić information content (AvgIpc) is 2.59. The molecule has 0 N–H and O–H groups in total. The van der Waals surface area contributed by atoms with Crippen molar-refractivity contribution in [1.29, 1.82) is 0 Å². The first-order valence-corrected chi connectivity index (χ1v) is 12.2. The number of halogens is 14. The molecule has 31 heavy (non-hydrogen) atoms. The van der Waals surface area contributed by atoms with Crippen molar-refractivity contribution in [3.8, 4) is 0 Å². The second kappa shape index (κ2) is 8.10. The molecule has 15 heteroatoms. The molecule has 0 amide bonds. The average molecular weight is 561 g/mol. The van der Waals surface area contributed by atoms with Crippen LogP contribution in [0.4, 0.5) is 57.1 Å². The van der Waals surface area contributed by atoms with Gasteiger partial charge in [0.05, 0.1) is 8.07 Å². The second-order valence-corrected chi connectivity index (χ2v) is 13.2. The maximum absolute atomic E-state index is 13.9. The van der Waals surface area contributed by atoms with Crippen molar-refractivity contribution in [1.82, 2.24) is 0 Å². The molecule has 0 nitrogen and oxygen atoms in total. The minimum atomic E-state index is -7.86. The Kier molecular flexibility index (Phi) is 7.32. The van der Waals surface area contributed by atoms with Gasteiger partial charge in [0.25, 0.3) is 0 Å².